The van der Waals surface area contributed by atoms with Gasteiger partial charge in [0.2, 0.25) is 5.91 Å². The monoisotopic (exact) mass is 471 g/mol. The number of halogens is 1. The predicted molar refractivity (Wildman–Crippen MR) is 122 cm³/mol. The first-order valence-corrected chi connectivity index (χ1v) is 10.9. The summed E-state index contributed by atoms with van der Waals surface area (Å²) in [6.07, 6.45) is 1.47. The highest BCUT2D eigenvalue weighted by molar-refractivity contribution is 8.00. The molecule has 0 fully saturated rings. The van der Waals surface area contributed by atoms with Crippen LogP contribution in [0.3, 0.4) is 0 Å². The first-order chi connectivity index (χ1) is 15.4. The summed E-state index contributed by atoms with van der Waals surface area (Å²) in [5.74, 6) is 0.331. The van der Waals surface area contributed by atoms with Crippen LogP contribution in [0.2, 0.25) is 5.02 Å². The zero-order chi connectivity index (χ0) is 22.8. The van der Waals surface area contributed by atoms with Crippen molar-refractivity contribution in [2.45, 2.75) is 11.6 Å². The molecule has 0 aliphatic carbocycles. The summed E-state index contributed by atoms with van der Waals surface area (Å²) in [5, 5.41) is 3.81. The Morgan fingerprint density at radius 3 is 2.62 bits per heavy atom. The number of hydrogen-bond donors (Lipinski definition) is 1. The molecule has 3 heterocycles. The molecule has 1 aromatic carbocycles. The number of benzene rings is 1. The van der Waals surface area contributed by atoms with Crippen molar-refractivity contribution in [1.82, 2.24) is 24.4 Å². The standard InChI is InChI=1S/C21H18ClN5O4S/c1-26-18-16(20(29)27(2)21(26)30)19(25-17(24-18)14-8-5-9-31-14)32-11-15(28)23-10-12-6-3-4-7-13(12)22/h3-9H,10-11H2,1-2H3,(H,23,28). The third-order valence-electron chi connectivity index (χ3n) is 4.78. The zero-order valence-corrected chi connectivity index (χ0v) is 18.7. The van der Waals surface area contributed by atoms with E-state index >= 15 is 0 Å². The number of nitrogens with one attached hydrogen (secondary N) is 1. The molecule has 9 nitrogen and oxygen atoms in total. The molecule has 0 radical (unpaired) electrons. The second-order valence-electron chi connectivity index (χ2n) is 6.89. The van der Waals surface area contributed by atoms with Crippen molar-refractivity contribution in [2.75, 3.05) is 5.75 Å². The van der Waals surface area contributed by atoms with E-state index in [2.05, 4.69) is 15.3 Å². The Labute approximate surface area is 191 Å². The van der Waals surface area contributed by atoms with Crippen LogP contribution in [-0.2, 0) is 25.4 Å². The smallest absolute Gasteiger partial charge is 0.332 e. The van der Waals surface area contributed by atoms with Crippen molar-refractivity contribution in [3.05, 3.63) is 74.1 Å². The summed E-state index contributed by atoms with van der Waals surface area (Å²) in [6, 6.07) is 10.6. The molecule has 0 aliphatic rings. The van der Waals surface area contributed by atoms with Gasteiger partial charge in [0.1, 0.15) is 10.4 Å². The number of hydrogen-bond acceptors (Lipinski definition) is 7. The van der Waals surface area contributed by atoms with Crippen molar-refractivity contribution in [2.24, 2.45) is 14.1 Å². The van der Waals surface area contributed by atoms with Gasteiger partial charge in [-0.1, -0.05) is 41.6 Å². The van der Waals surface area contributed by atoms with Crippen LogP contribution in [0, 0.1) is 0 Å². The highest BCUT2D eigenvalue weighted by Gasteiger charge is 2.19. The average Bonchev–Trinajstić information content (AvgIpc) is 3.34. The Morgan fingerprint density at radius 1 is 1.12 bits per heavy atom. The lowest BCUT2D eigenvalue weighted by Crippen LogP contribution is -2.37. The van der Waals surface area contributed by atoms with Gasteiger partial charge in [0.15, 0.2) is 17.2 Å². The summed E-state index contributed by atoms with van der Waals surface area (Å²) in [6.45, 7) is 0.275. The van der Waals surface area contributed by atoms with Crippen molar-refractivity contribution in [3.8, 4) is 11.6 Å². The molecule has 0 saturated carbocycles. The molecule has 0 unspecified atom stereocenters. The van der Waals surface area contributed by atoms with E-state index < -0.39 is 11.2 Å². The topological polar surface area (TPSA) is 112 Å². The van der Waals surface area contributed by atoms with Gasteiger partial charge in [0, 0.05) is 25.7 Å². The number of fused-ring (bicyclic) bond motifs is 1. The van der Waals surface area contributed by atoms with Gasteiger partial charge in [-0.2, -0.15) is 0 Å². The molecule has 0 aliphatic heterocycles. The normalized spacial score (nSPS) is 11.1. The second-order valence-corrected chi connectivity index (χ2v) is 8.26. The number of carbonyl (C=O) groups excluding carboxylic acids is 1. The fourth-order valence-electron chi connectivity index (χ4n) is 3.07. The molecule has 0 spiro atoms. The Kier molecular flexibility index (Phi) is 6.15. The SMILES string of the molecule is Cn1c(=O)c2c(SCC(=O)NCc3ccccc3Cl)nc(-c3ccco3)nc2n(C)c1=O. The molecule has 1 N–H and O–H groups in total. The van der Waals surface area contributed by atoms with Gasteiger partial charge in [-0.15, -0.1) is 0 Å². The molecule has 1 amide bonds. The number of aryl methyl sites for hydroxylation is 1. The second kappa shape index (κ2) is 9.01. The third-order valence-corrected chi connectivity index (χ3v) is 6.13. The van der Waals surface area contributed by atoms with E-state index in [-0.39, 0.29) is 40.1 Å². The highest BCUT2D eigenvalue weighted by Crippen LogP contribution is 2.26. The first kappa shape index (κ1) is 21.8. The lowest BCUT2D eigenvalue weighted by molar-refractivity contribution is -0.118. The van der Waals surface area contributed by atoms with Crippen molar-refractivity contribution in [1.29, 1.82) is 0 Å². The quantitative estimate of drug-likeness (QED) is 0.339. The lowest BCUT2D eigenvalue weighted by Gasteiger charge is -2.11. The fourth-order valence-corrected chi connectivity index (χ4v) is 4.12. The molecule has 11 heteroatoms. The molecule has 0 bridgehead atoms. The van der Waals surface area contributed by atoms with E-state index in [0.717, 1.165) is 21.9 Å². The summed E-state index contributed by atoms with van der Waals surface area (Å²) < 4.78 is 7.63. The van der Waals surface area contributed by atoms with Crippen LogP contribution in [0.25, 0.3) is 22.6 Å². The summed E-state index contributed by atoms with van der Waals surface area (Å²) in [5.41, 5.74) is -0.0875. The summed E-state index contributed by atoms with van der Waals surface area (Å²) >= 11 is 7.20. The minimum atomic E-state index is -0.534. The maximum Gasteiger partial charge on any atom is 0.332 e. The average molecular weight is 472 g/mol. The van der Waals surface area contributed by atoms with Crippen LogP contribution in [0.4, 0.5) is 0 Å². The number of aromatic nitrogens is 4. The van der Waals surface area contributed by atoms with Crippen molar-refractivity contribution in [3.63, 3.8) is 0 Å². The largest absolute Gasteiger partial charge is 0.461 e. The predicted octanol–water partition coefficient (Wildman–Crippen LogP) is 2.35. The minimum absolute atomic E-state index is 0.000154. The summed E-state index contributed by atoms with van der Waals surface area (Å²) in [7, 11) is 2.91. The van der Waals surface area contributed by atoms with Crippen LogP contribution in [0.15, 0.2) is 61.7 Å². The van der Waals surface area contributed by atoms with Gasteiger partial charge in [0.25, 0.3) is 5.56 Å². The van der Waals surface area contributed by atoms with Gasteiger partial charge < -0.3 is 9.73 Å². The van der Waals surface area contributed by atoms with E-state index in [9.17, 15) is 14.4 Å². The van der Waals surface area contributed by atoms with E-state index in [1.54, 1.807) is 18.2 Å². The number of thioether (sulfide) groups is 1. The van der Waals surface area contributed by atoms with Crippen LogP contribution < -0.4 is 16.6 Å². The minimum Gasteiger partial charge on any atom is -0.461 e. The number of carbonyl (C=O) groups is 1. The van der Waals surface area contributed by atoms with Crippen LogP contribution in [0.5, 0.6) is 0 Å². The van der Waals surface area contributed by atoms with E-state index in [1.165, 1.54) is 24.9 Å². The lowest BCUT2D eigenvalue weighted by atomic mass is 10.2. The molecule has 4 rings (SSSR count). The molecule has 0 atom stereocenters. The molecule has 0 saturated heterocycles. The van der Waals surface area contributed by atoms with Gasteiger partial charge in [-0.05, 0) is 23.8 Å². The number of rotatable bonds is 6. The molecule has 32 heavy (non-hydrogen) atoms. The number of nitrogens with zero attached hydrogens (tertiary/aromatic N) is 4. The third kappa shape index (κ3) is 4.19. The maximum absolute atomic E-state index is 12.8. The molecule has 164 valence electrons. The molecular weight excluding hydrogens is 454 g/mol. The van der Waals surface area contributed by atoms with Gasteiger partial charge in [-0.3, -0.25) is 18.7 Å². The van der Waals surface area contributed by atoms with Crippen LogP contribution in [0.1, 0.15) is 5.56 Å². The molecule has 3 aromatic heterocycles. The van der Waals surface area contributed by atoms with Crippen molar-refractivity contribution >= 4 is 40.3 Å². The van der Waals surface area contributed by atoms with E-state index in [1.807, 2.05) is 18.2 Å². The zero-order valence-electron chi connectivity index (χ0n) is 17.2. The molecule has 4 aromatic rings. The van der Waals surface area contributed by atoms with Gasteiger partial charge in [-0.25, -0.2) is 14.8 Å². The Bertz CT molecular complexity index is 1430. The number of amides is 1. The molecular formula is C21H18ClN5O4S. The number of furan rings is 1. The Hall–Kier alpha value is -3.37. The van der Waals surface area contributed by atoms with Crippen LogP contribution >= 0.6 is 23.4 Å². The van der Waals surface area contributed by atoms with Crippen molar-refractivity contribution < 1.29 is 9.21 Å². The maximum atomic E-state index is 12.8. The van der Waals surface area contributed by atoms with E-state index in [4.69, 9.17) is 16.0 Å². The van der Waals surface area contributed by atoms with Crippen LogP contribution in [-0.4, -0.2) is 30.8 Å². The van der Waals surface area contributed by atoms with Gasteiger partial charge >= 0.3 is 5.69 Å². The van der Waals surface area contributed by atoms with Gasteiger partial charge in [0.05, 0.1) is 12.0 Å². The highest BCUT2D eigenvalue weighted by atomic mass is 35.5. The Morgan fingerprint density at radius 2 is 1.91 bits per heavy atom. The van der Waals surface area contributed by atoms with E-state index in [0.29, 0.717) is 10.8 Å². The fraction of sp³-hybridized carbons (Fsp3) is 0.190. The Balaban J connectivity index is 1.66. The summed E-state index contributed by atoms with van der Waals surface area (Å²) in [4.78, 5) is 46.5. The first-order valence-electron chi connectivity index (χ1n) is 9.51.